The Hall–Kier alpha value is -1.13. The summed E-state index contributed by atoms with van der Waals surface area (Å²) in [6.07, 6.45) is 0. The molecule has 0 bridgehead atoms. The van der Waals surface area contributed by atoms with E-state index in [1.165, 1.54) is 19.1 Å². The summed E-state index contributed by atoms with van der Waals surface area (Å²) in [7, 11) is 0. The molecule has 4 heteroatoms. The van der Waals surface area contributed by atoms with E-state index in [0.29, 0.717) is 0 Å². The largest absolute Gasteiger partial charge is 0.508 e. The first kappa shape index (κ1) is 9.95. The van der Waals surface area contributed by atoms with Crippen molar-refractivity contribution in [2.45, 2.75) is 12.5 Å². The molecular weight excluding hydrogens is 173 g/mol. The minimum atomic E-state index is -1.16. The van der Waals surface area contributed by atoms with Crippen molar-refractivity contribution in [1.29, 1.82) is 0 Å². The fourth-order valence-corrected chi connectivity index (χ4v) is 1.04. The van der Waals surface area contributed by atoms with Crippen LogP contribution in [-0.4, -0.2) is 16.8 Å². The van der Waals surface area contributed by atoms with E-state index in [4.69, 9.17) is 15.9 Å². The Morgan fingerprint density at radius 3 is 2.69 bits per heavy atom. The van der Waals surface area contributed by atoms with Crippen LogP contribution in [0.4, 0.5) is 4.39 Å². The molecular formula is C9H12FNO2. The number of aliphatic hydroxyl groups is 1. The lowest BCUT2D eigenvalue weighted by Gasteiger charge is -2.22. The van der Waals surface area contributed by atoms with E-state index in [-0.39, 0.29) is 17.9 Å². The van der Waals surface area contributed by atoms with Crippen LogP contribution in [-0.2, 0) is 5.54 Å². The molecule has 72 valence electrons. The molecule has 0 saturated carbocycles. The van der Waals surface area contributed by atoms with Gasteiger partial charge in [0.05, 0.1) is 12.1 Å². The molecule has 1 aromatic carbocycles. The Morgan fingerprint density at radius 1 is 1.54 bits per heavy atom. The molecule has 13 heavy (non-hydrogen) atoms. The van der Waals surface area contributed by atoms with E-state index in [2.05, 4.69) is 0 Å². The van der Waals surface area contributed by atoms with Gasteiger partial charge in [0.2, 0.25) is 0 Å². The van der Waals surface area contributed by atoms with Crippen LogP contribution in [0.1, 0.15) is 12.5 Å². The third-order valence-electron chi connectivity index (χ3n) is 1.89. The van der Waals surface area contributed by atoms with Crippen LogP contribution in [0.15, 0.2) is 18.2 Å². The molecule has 0 amide bonds. The number of hydrogen-bond acceptors (Lipinski definition) is 3. The number of benzene rings is 1. The fourth-order valence-electron chi connectivity index (χ4n) is 1.04. The molecule has 1 aromatic rings. The minimum absolute atomic E-state index is 0.0680. The number of aliphatic hydroxyl groups excluding tert-OH is 1. The van der Waals surface area contributed by atoms with Gasteiger partial charge in [-0.1, -0.05) is 0 Å². The van der Waals surface area contributed by atoms with Crippen molar-refractivity contribution >= 4 is 0 Å². The zero-order valence-electron chi connectivity index (χ0n) is 7.29. The maximum absolute atomic E-state index is 13.2. The van der Waals surface area contributed by atoms with E-state index in [1.807, 2.05) is 0 Å². The molecule has 0 fully saturated rings. The second-order valence-electron chi connectivity index (χ2n) is 3.24. The van der Waals surface area contributed by atoms with Crippen molar-refractivity contribution < 1.29 is 14.6 Å². The highest BCUT2D eigenvalue weighted by atomic mass is 19.1. The molecule has 0 saturated heterocycles. The van der Waals surface area contributed by atoms with E-state index in [0.717, 1.165) is 6.07 Å². The quantitative estimate of drug-likeness (QED) is 0.635. The summed E-state index contributed by atoms with van der Waals surface area (Å²) in [5.74, 6) is -0.599. The monoisotopic (exact) mass is 185 g/mol. The lowest BCUT2D eigenvalue weighted by atomic mass is 9.93. The fraction of sp³-hybridized carbons (Fsp3) is 0.333. The predicted molar refractivity (Wildman–Crippen MR) is 46.7 cm³/mol. The number of phenols is 1. The number of nitrogens with two attached hydrogens (primary N) is 1. The molecule has 1 atom stereocenters. The van der Waals surface area contributed by atoms with Crippen molar-refractivity contribution in [2.24, 2.45) is 5.73 Å². The van der Waals surface area contributed by atoms with Crippen molar-refractivity contribution in [1.82, 2.24) is 0 Å². The molecule has 0 heterocycles. The van der Waals surface area contributed by atoms with Crippen molar-refractivity contribution in [2.75, 3.05) is 6.61 Å². The molecule has 0 aliphatic rings. The topological polar surface area (TPSA) is 66.5 Å². The van der Waals surface area contributed by atoms with Crippen LogP contribution in [0.2, 0.25) is 0 Å². The SMILES string of the molecule is CC(N)(CO)c1cc(O)ccc1F. The number of aromatic hydroxyl groups is 1. The van der Waals surface area contributed by atoms with Crippen LogP contribution in [0.25, 0.3) is 0 Å². The Labute approximate surface area is 75.6 Å². The van der Waals surface area contributed by atoms with Crippen LogP contribution in [0, 0.1) is 5.82 Å². The molecule has 3 nitrogen and oxygen atoms in total. The summed E-state index contributed by atoms with van der Waals surface area (Å²) in [4.78, 5) is 0. The molecule has 1 rings (SSSR count). The van der Waals surface area contributed by atoms with Gasteiger partial charge in [0.15, 0.2) is 0 Å². The van der Waals surface area contributed by atoms with Gasteiger partial charge in [-0.25, -0.2) is 4.39 Å². The summed E-state index contributed by atoms with van der Waals surface area (Å²) >= 11 is 0. The van der Waals surface area contributed by atoms with Crippen molar-refractivity contribution in [3.8, 4) is 5.75 Å². The number of phenolic OH excluding ortho intramolecular Hbond substituents is 1. The Bertz CT molecular complexity index is 312. The summed E-state index contributed by atoms with van der Waals surface area (Å²) in [6, 6.07) is 3.56. The second kappa shape index (κ2) is 3.32. The van der Waals surface area contributed by atoms with Crippen molar-refractivity contribution in [3.05, 3.63) is 29.6 Å². The normalized spacial score (nSPS) is 15.4. The highest BCUT2D eigenvalue weighted by molar-refractivity contribution is 5.33. The van der Waals surface area contributed by atoms with Gasteiger partial charge in [0.1, 0.15) is 11.6 Å². The zero-order valence-corrected chi connectivity index (χ0v) is 7.29. The number of halogens is 1. The van der Waals surface area contributed by atoms with Crippen LogP contribution < -0.4 is 5.73 Å². The maximum Gasteiger partial charge on any atom is 0.128 e. The molecule has 0 aromatic heterocycles. The first-order chi connectivity index (χ1) is 5.97. The van der Waals surface area contributed by atoms with Gasteiger partial charge in [-0.15, -0.1) is 0 Å². The summed E-state index contributed by atoms with van der Waals surface area (Å²) < 4.78 is 13.2. The molecule has 1 unspecified atom stereocenters. The Kier molecular flexibility index (Phi) is 2.54. The summed E-state index contributed by atoms with van der Waals surface area (Å²) in [5, 5.41) is 18.0. The first-order valence-corrected chi connectivity index (χ1v) is 3.86. The highest BCUT2D eigenvalue weighted by Gasteiger charge is 2.24. The summed E-state index contributed by atoms with van der Waals surface area (Å²) in [6.45, 7) is 1.11. The zero-order chi connectivity index (χ0) is 10.1. The van der Waals surface area contributed by atoms with Gasteiger partial charge in [-0.05, 0) is 25.1 Å². The van der Waals surface area contributed by atoms with Gasteiger partial charge < -0.3 is 15.9 Å². The summed E-state index contributed by atoms with van der Waals surface area (Å²) in [5.41, 5.74) is 4.55. The number of hydrogen-bond donors (Lipinski definition) is 3. The van der Waals surface area contributed by atoms with Gasteiger partial charge in [-0.2, -0.15) is 0 Å². The lowest BCUT2D eigenvalue weighted by Crippen LogP contribution is -2.37. The van der Waals surface area contributed by atoms with Crippen LogP contribution in [0.5, 0.6) is 5.75 Å². The van der Waals surface area contributed by atoms with Crippen LogP contribution >= 0.6 is 0 Å². The van der Waals surface area contributed by atoms with Gasteiger partial charge in [0.25, 0.3) is 0 Å². The van der Waals surface area contributed by atoms with Crippen molar-refractivity contribution in [3.63, 3.8) is 0 Å². The van der Waals surface area contributed by atoms with E-state index < -0.39 is 11.4 Å². The van der Waals surface area contributed by atoms with Gasteiger partial charge >= 0.3 is 0 Å². The van der Waals surface area contributed by atoms with E-state index >= 15 is 0 Å². The second-order valence-corrected chi connectivity index (χ2v) is 3.24. The predicted octanol–water partition coefficient (Wildman–Crippen LogP) is 0.698. The molecule has 4 N–H and O–H groups in total. The Morgan fingerprint density at radius 2 is 2.15 bits per heavy atom. The average molecular weight is 185 g/mol. The molecule has 0 radical (unpaired) electrons. The third-order valence-corrected chi connectivity index (χ3v) is 1.89. The number of rotatable bonds is 2. The van der Waals surface area contributed by atoms with E-state index in [1.54, 1.807) is 0 Å². The third kappa shape index (κ3) is 1.96. The first-order valence-electron chi connectivity index (χ1n) is 3.86. The van der Waals surface area contributed by atoms with Gasteiger partial charge in [-0.3, -0.25) is 0 Å². The van der Waals surface area contributed by atoms with E-state index in [9.17, 15) is 4.39 Å². The molecule has 0 aliphatic carbocycles. The van der Waals surface area contributed by atoms with Gasteiger partial charge in [0, 0.05) is 5.56 Å². The lowest BCUT2D eigenvalue weighted by molar-refractivity contribution is 0.206. The Balaban J connectivity index is 3.20. The standard InChI is InChI=1S/C9H12FNO2/c1-9(11,5-12)7-4-6(13)2-3-8(7)10/h2-4,12-13H,5,11H2,1H3. The average Bonchev–Trinajstić information content (AvgIpc) is 2.09. The maximum atomic E-state index is 13.2. The van der Waals surface area contributed by atoms with Crippen LogP contribution in [0.3, 0.4) is 0 Å². The molecule has 0 aliphatic heterocycles. The minimum Gasteiger partial charge on any atom is -0.508 e. The smallest absolute Gasteiger partial charge is 0.128 e. The highest BCUT2D eigenvalue weighted by Crippen LogP contribution is 2.24. The molecule has 0 spiro atoms.